The highest BCUT2D eigenvalue weighted by atomic mass is 32.1. The summed E-state index contributed by atoms with van der Waals surface area (Å²) in [6, 6.07) is 0. The van der Waals surface area contributed by atoms with Crippen LogP contribution in [0.4, 0.5) is 15.9 Å². The predicted molar refractivity (Wildman–Crippen MR) is 61.2 cm³/mol. The van der Waals surface area contributed by atoms with Crippen molar-refractivity contribution in [2.45, 2.75) is 0 Å². The van der Waals surface area contributed by atoms with E-state index in [9.17, 15) is 4.79 Å². The van der Waals surface area contributed by atoms with E-state index < -0.39 is 6.09 Å². The van der Waals surface area contributed by atoms with Crippen LogP contribution in [-0.4, -0.2) is 40.2 Å². The van der Waals surface area contributed by atoms with E-state index in [1.54, 1.807) is 11.1 Å². The second-order valence-corrected chi connectivity index (χ2v) is 4.18. The van der Waals surface area contributed by atoms with E-state index in [0.29, 0.717) is 21.4 Å². The highest BCUT2D eigenvalue weighted by Gasteiger charge is 2.09. The van der Waals surface area contributed by atoms with E-state index in [4.69, 9.17) is 5.11 Å². The minimum Gasteiger partial charge on any atom is -0.465 e. The first-order valence-corrected chi connectivity index (χ1v) is 5.19. The molecule has 2 aromatic rings. The molecule has 0 saturated heterocycles. The molecular formula is C8H9N5O2S. The monoisotopic (exact) mass is 239 g/mol. The highest BCUT2D eigenvalue weighted by Crippen LogP contribution is 2.24. The molecule has 0 aliphatic carbocycles. The second kappa shape index (κ2) is 3.89. The average Bonchev–Trinajstić information content (AvgIpc) is 2.56. The van der Waals surface area contributed by atoms with Gasteiger partial charge in [-0.3, -0.25) is 5.32 Å². The van der Waals surface area contributed by atoms with Crippen LogP contribution in [0, 0.1) is 0 Å². The Morgan fingerprint density at radius 2 is 2.25 bits per heavy atom. The maximum absolute atomic E-state index is 10.4. The van der Waals surface area contributed by atoms with Crippen molar-refractivity contribution in [2.24, 2.45) is 0 Å². The summed E-state index contributed by atoms with van der Waals surface area (Å²) in [7, 11) is 3.66. The third-order valence-electron chi connectivity index (χ3n) is 1.75. The molecular weight excluding hydrogens is 230 g/mol. The van der Waals surface area contributed by atoms with Gasteiger partial charge >= 0.3 is 6.09 Å². The lowest BCUT2D eigenvalue weighted by molar-refractivity contribution is 0.210. The van der Waals surface area contributed by atoms with Crippen molar-refractivity contribution < 1.29 is 9.90 Å². The largest absolute Gasteiger partial charge is 0.465 e. The van der Waals surface area contributed by atoms with Gasteiger partial charge in [0, 0.05) is 14.1 Å². The minimum atomic E-state index is -1.14. The fourth-order valence-electron chi connectivity index (χ4n) is 1.09. The number of carbonyl (C=O) groups is 1. The molecule has 1 amide bonds. The van der Waals surface area contributed by atoms with Crippen LogP contribution in [-0.2, 0) is 0 Å². The van der Waals surface area contributed by atoms with Crippen molar-refractivity contribution in [3.63, 3.8) is 0 Å². The Labute approximate surface area is 94.8 Å². The smallest absolute Gasteiger partial charge is 0.410 e. The molecule has 0 radical (unpaired) electrons. The van der Waals surface area contributed by atoms with Crippen LogP contribution in [0.25, 0.3) is 10.3 Å². The molecule has 2 N–H and O–H groups in total. The van der Waals surface area contributed by atoms with Gasteiger partial charge in [0.1, 0.15) is 5.52 Å². The Morgan fingerprint density at radius 1 is 1.50 bits per heavy atom. The number of aromatic nitrogens is 3. The van der Waals surface area contributed by atoms with Crippen molar-refractivity contribution in [3.8, 4) is 0 Å². The molecule has 16 heavy (non-hydrogen) atoms. The fraction of sp³-hybridized carbons (Fsp3) is 0.250. The number of fused-ring (bicyclic) bond motifs is 1. The topological polar surface area (TPSA) is 91.2 Å². The molecule has 7 nitrogen and oxygen atoms in total. The molecule has 0 atom stereocenters. The van der Waals surface area contributed by atoms with Crippen LogP contribution in [0.5, 0.6) is 0 Å². The van der Waals surface area contributed by atoms with E-state index in [0.717, 1.165) is 0 Å². The maximum Gasteiger partial charge on any atom is 0.410 e. The van der Waals surface area contributed by atoms with E-state index >= 15 is 0 Å². The van der Waals surface area contributed by atoms with Crippen LogP contribution >= 0.6 is 11.3 Å². The van der Waals surface area contributed by atoms with Gasteiger partial charge < -0.3 is 10.0 Å². The zero-order valence-electron chi connectivity index (χ0n) is 8.63. The number of amides is 1. The molecule has 8 heteroatoms. The zero-order valence-corrected chi connectivity index (χ0v) is 9.45. The third kappa shape index (κ3) is 2.01. The number of carboxylic acid groups (broad SMARTS) is 1. The second-order valence-electron chi connectivity index (χ2n) is 3.20. The first-order valence-electron chi connectivity index (χ1n) is 4.37. The molecule has 0 aromatic carbocycles. The number of hydrogen-bond donors (Lipinski definition) is 2. The van der Waals surface area contributed by atoms with Crippen LogP contribution < -0.4 is 10.2 Å². The standard InChI is InChI=1S/C8H9N5O2S/c1-13(2)6-9-3-4-5(11-6)16-7(10-4)12-8(14)15/h3H,1-2H3,(H,10,12)(H,14,15). The van der Waals surface area contributed by atoms with Crippen molar-refractivity contribution in [1.82, 2.24) is 15.0 Å². The molecule has 2 aromatic heterocycles. The average molecular weight is 239 g/mol. The quantitative estimate of drug-likeness (QED) is 0.819. The van der Waals surface area contributed by atoms with Gasteiger partial charge in [0.25, 0.3) is 0 Å². The molecule has 0 fully saturated rings. The van der Waals surface area contributed by atoms with Gasteiger partial charge in [-0.25, -0.2) is 14.8 Å². The van der Waals surface area contributed by atoms with E-state index in [1.165, 1.54) is 11.3 Å². The van der Waals surface area contributed by atoms with Gasteiger partial charge in [-0.2, -0.15) is 4.98 Å². The van der Waals surface area contributed by atoms with E-state index in [1.807, 2.05) is 14.1 Å². The van der Waals surface area contributed by atoms with Gasteiger partial charge in [0.15, 0.2) is 9.96 Å². The van der Waals surface area contributed by atoms with Crippen molar-refractivity contribution >= 4 is 38.9 Å². The number of nitrogens with zero attached hydrogens (tertiary/aromatic N) is 4. The molecule has 0 aliphatic rings. The van der Waals surface area contributed by atoms with Gasteiger partial charge in [0.2, 0.25) is 5.95 Å². The number of nitrogens with one attached hydrogen (secondary N) is 1. The summed E-state index contributed by atoms with van der Waals surface area (Å²) in [6.45, 7) is 0. The Balaban J connectivity index is 2.41. The maximum atomic E-state index is 10.4. The summed E-state index contributed by atoms with van der Waals surface area (Å²) >= 11 is 1.18. The molecule has 0 unspecified atom stereocenters. The van der Waals surface area contributed by atoms with Crippen LogP contribution in [0.1, 0.15) is 0 Å². The van der Waals surface area contributed by atoms with Crippen LogP contribution in [0.3, 0.4) is 0 Å². The summed E-state index contributed by atoms with van der Waals surface area (Å²) in [5.74, 6) is 0.568. The number of thiazole rings is 1. The normalized spacial score (nSPS) is 10.4. The molecule has 0 bridgehead atoms. The van der Waals surface area contributed by atoms with Crippen molar-refractivity contribution in [3.05, 3.63) is 6.20 Å². The first-order chi connectivity index (χ1) is 7.56. The number of hydrogen-bond acceptors (Lipinski definition) is 6. The highest BCUT2D eigenvalue weighted by molar-refractivity contribution is 7.21. The molecule has 0 aliphatic heterocycles. The van der Waals surface area contributed by atoms with Crippen LogP contribution in [0.2, 0.25) is 0 Å². The lowest BCUT2D eigenvalue weighted by Gasteiger charge is -2.07. The number of rotatable bonds is 2. The van der Waals surface area contributed by atoms with Crippen molar-refractivity contribution in [2.75, 3.05) is 24.3 Å². The summed E-state index contributed by atoms with van der Waals surface area (Å²) in [4.78, 5) is 25.2. The number of anilines is 2. The molecule has 2 rings (SSSR count). The Kier molecular flexibility index (Phi) is 2.57. The van der Waals surface area contributed by atoms with Gasteiger partial charge in [-0.05, 0) is 0 Å². The SMILES string of the molecule is CN(C)c1ncc2nc(NC(=O)O)sc2n1. The lowest BCUT2D eigenvalue weighted by atomic mass is 10.6. The van der Waals surface area contributed by atoms with Gasteiger partial charge in [-0.15, -0.1) is 0 Å². The van der Waals surface area contributed by atoms with Gasteiger partial charge in [0.05, 0.1) is 6.20 Å². The summed E-state index contributed by atoms with van der Waals surface area (Å²) in [6.07, 6.45) is 0.432. The molecule has 0 saturated carbocycles. The lowest BCUT2D eigenvalue weighted by Crippen LogP contribution is -2.11. The molecule has 84 valence electrons. The summed E-state index contributed by atoms with van der Waals surface area (Å²) in [5, 5.41) is 11.0. The minimum absolute atomic E-state index is 0.299. The molecule has 2 heterocycles. The Bertz CT molecular complexity index is 538. The summed E-state index contributed by atoms with van der Waals surface area (Å²) < 4.78 is 0. The first kappa shape index (κ1) is 10.6. The van der Waals surface area contributed by atoms with E-state index in [-0.39, 0.29) is 0 Å². The third-order valence-corrected chi connectivity index (χ3v) is 2.63. The Morgan fingerprint density at radius 3 is 2.88 bits per heavy atom. The van der Waals surface area contributed by atoms with Crippen LogP contribution in [0.15, 0.2) is 6.20 Å². The Hall–Kier alpha value is -1.96. The predicted octanol–water partition coefficient (Wildman–Crippen LogP) is 1.24. The van der Waals surface area contributed by atoms with E-state index in [2.05, 4.69) is 20.3 Å². The zero-order chi connectivity index (χ0) is 11.7. The molecule has 0 spiro atoms. The van der Waals surface area contributed by atoms with Gasteiger partial charge in [-0.1, -0.05) is 11.3 Å². The fourth-order valence-corrected chi connectivity index (χ4v) is 1.88. The summed E-state index contributed by atoms with van der Waals surface area (Å²) in [5.41, 5.74) is 0.583. The van der Waals surface area contributed by atoms with Crippen molar-refractivity contribution in [1.29, 1.82) is 0 Å².